The van der Waals surface area contributed by atoms with Gasteiger partial charge >= 0.3 is 12.2 Å². The number of piperazine rings is 1. The molecule has 1 aliphatic rings. The van der Waals surface area contributed by atoms with Crippen LogP contribution in [-0.2, 0) is 0 Å². The van der Waals surface area contributed by atoms with E-state index in [0.29, 0.717) is 31.9 Å². The lowest BCUT2D eigenvalue weighted by molar-refractivity contribution is -0.123. The summed E-state index contributed by atoms with van der Waals surface area (Å²) in [4.78, 5) is 18.9. The Bertz CT molecular complexity index is 500. The van der Waals surface area contributed by atoms with Gasteiger partial charge in [-0.1, -0.05) is 0 Å². The van der Waals surface area contributed by atoms with Crippen LogP contribution < -0.4 is 16.0 Å². The molecule has 0 saturated carbocycles. The number of alkyl halides is 3. The Morgan fingerprint density at radius 2 is 2.00 bits per heavy atom. The number of rotatable bonds is 2. The first kappa shape index (κ1) is 15.2. The molecule has 2 amide bonds. The molecule has 1 aromatic rings. The maximum absolute atomic E-state index is 12.0. The van der Waals surface area contributed by atoms with Gasteiger partial charge in [0.2, 0.25) is 0 Å². The summed E-state index contributed by atoms with van der Waals surface area (Å²) in [6.07, 6.45) is -1.24. The lowest BCUT2D eigenvalue weighted by Crippen LogP contribution is -2.53. The van der Waals surface area contributed by atoms with E-state index >= 15 is 0 Å². The van der Waals surface area contributed by atoms with Gasteiger partial charge in [0.25, 0.3) is 0 Å². The highest BCUT2D eigenvalue weighted by molar-refractivity contribution is 5.75. The van der Waals surface area contributed by atoms with Gasteiger partial charge in [0, 0.05) is 32.4 Å². The number of pyridine rings is 1. The molecule has 2 rings (SSSR count). The van der Waals surface area contributed by atoms with E-state index in [1.165, 1.54) is 11.1 Å². The number of nitrogens with two attached hydrogens (primary N) is 1. The Hall–Kier alpha value is -2.19. The number of halogens is 3. The summed E-state index contributed by atoms with van der Waals surface area (Å²) < 4.78 is 36.1. The number of aromatic nitrogens is 1. The van der Waals surface area contributed by atoms with Crippen molar-refractivity contribution in [2.24, 2.45) is 0 Å². The van der Waals surface area contributed by atoms with Crippen LogP contribution in [0.3, 0.4) is 0 Å². The molecule has 3 N–H and O–H groups in total. The minimum Gasteiger partial charge on any atom is -0.396 e. The Balaban J connectivity index is 1.86. The minimum atomic E-state index is -4.40. The predicted octanol–water partition coefficient (Wildman–Crippen LogP) is 1.06. The number of nitrogens with one attached hydrogen (secondary N) is 1. The molecular weight excluding hydrogens is 287 g/mol. The highest BCUT2D eigenvalue weighted by Gasteiger charge is 2.29. The van der Waals surface area contributed by atoms with Gasteiger partial charge in [0.1, 0.15) is 6.54 Å². The molecule has 0 unspecified atom stereocenters. The van der Waals surface area contributed by atoms with Crippen LogP contribution in [-0.4, -0.2) is 54.8 Å². The number of anilines is 2. The molecule has 9 heteroatoms. The number of carbonyl (C=O) groups excluding carboxylic acids is 1. The van der Waals surface area contributed by atoms with Gasteiger partial charge in [-0.05, 0) is 6.07 Å². The van der Waals surface area contributed by atoms with E-state index in [2.05, 4.69) is 4.98 Å². The van der Waals surface area contributed by atoms with Crippen LogP contribution in [0.15, 0.2) is 18.5 Å². The van der Waals surface area contributed by atoms with Crippen molar-refractivity contribution in [1.29, 1.82) is 0 Å². The van der Waals surface area contributed by atoms with Crippen LogP contribution in [0.25, 0.3) is 0 Å². The molecule has 6 nitrogen and oxygen atoms in total. The molecule has 2 heterocycles. The average Bonchev–Trinajstić information content (AvgIpc) is 2.45. The average molecular weight is 303 g/mol. The van der Waals surface area contributed by atoms with Crippen molar-refractivity contribution in [3.63, 3.8) is 0 Å². The number of carbonyl (C=O) groups is 1. The van der Waals surface area contributed by atoms with Crippen molar-refractivity contribution in [2.75, 3.05) is 43.4 Å². The van der Waals surface area contributed by atoms with E-state index in [4.69, 9.17) is 5.73 Å². The molecule has 116 valence electrons. The van der Waals surface area contributed by atoms with E-state index in [1.54, 1.807) is 12.3 Å². The normalized spacial score (nSPS) is 16.0. The van der Waals surface area contributed by atoms with E-state index in [1.807, 2.05) is 10.2 Å². The number of hydrogen-bond donors (Lipinski definition) is 2. The fourth-order valence-corrected chi connectivity index (χ4v) is 2.13. The second-order valence-electron chi connectivity index (χ2n) is 4.68. The third-order valence-corrected chi connectivity index (χ3v) is 3.18. The largest absolute Gasteiger partial charge is 0.405 e. The summed E-state index contributed by atoms with van der Waals surface area (Å²) in [5.74, 6) is 0. The minimum absolute atomic E-state index is 0.339. The maximum atomic E-state index is 12.0. The molecule has 0 bridgehead atoms. The van der Waals surface area contributed by atoms with Gasteiger partial charge in [0.15, 0.2) is 0 Å². The lowest BCUT2D eigenvalue weighted by Gasteiger charge is -2.36. The Morgan fingerprint density at radius 1 is 1.33 bits per heavy atom. The Kier molecular flexibility index (Phi) is 4.39. The maximum Gasteiger partial charge on any atom is 0.405 e. The third-order valence-electron chi connectivity index (χ3n) is 3.18. The molecule has 1 aliphatic heterocycles. The SMILES string of the molecule is Nc1cnccc1N1CCN(C(=O)NCC(F)(F)F)CC1. The second-order valence-corrected chi connectivity index (χ2v) is 4.68. The molecule has 0 aliphatic carbocycles. The fourth-order valence-electron chi connectivity index (χ4n) is 2.13. The summed E-state index contributed by atoms with van der Waals surface area (Å²) in [6.45, 7) is 0.377. The van der Waals surface area contributed by atoms with E-state index in [9.17, 15) is 18.0 Å². The smallest absolute Gasteiger partial charge is 0.396 e. The molecule has 1 fully saturated rings. The zero-order valence-electron chi connectivity index (χ0n) is 11.2. The first-order chi connectivity index (χ1) is 9.87. The quantitative estimate of drug-likeness (QED) is 0.856. The van der Waals surface area contributed by atoms with Crippen molar-refractivity contribution in [1.82, 2.24) is 15.2 Å². The van der Waals surface area contributed by atoms with Gasteiger partial charge in [-0.25, -0.2) is 4.79 Å². The summed E-state index contributed by atoms with van der Waals surface area (Å²) in [5, 5.41) is 1.87. The molecule has 1 aromatic heterocycles. The van der Waals surface area contributed by atoms with Crippen molar-refractivity contribution in [3.05, 3.63) is 18.5 Å². The van der Waals surface area contributed by atoms with Crippen molar-refractivity contribution in [3.8, 4) is 0 Å². The number of urea groups is 1. The van der Waals surface area contributed by atoms with Crippen LogP contribution in [0.1, 0.15) is 0 Å². The molecule has 0 spiro atoms. The van der Waals surface area contributed by atoms with Crippen molar-refractivity contribution >= 4 is 17.4 Å². The van der Waals surface area contributed by atoms with Crippen LogP contribution in [0.4, 0.5) is 29.3 Å². The van der Waals surface area contributed by atoms with E-state index in [-0.39, 0.29) is 0 Å². The predicted molar refractivity (Wildman–Crippen MR) is 71.9 cm³/mol. The molecule has 1 saturated heterocycles. The lowest BCUT2D eigenvalue weighted by atomic mass is 10.2. The van der Waals surface area contributed by atoms with E-state index in [0.717, 1.165) is 5.69 Å². The fraction of sp³-hybridized carbons (Fsp3) is 0.500. The Labute approximate surface area is 119 Å². The zero-order valence-corrected chi connectivity index (χ0v) is 11.2. The van der Waals surface area contributed by atoms with Crippen LogP contribution in [0.2, 0.25) is 0 Å². The van der Waals surface area contributed by atoms with Crippen LogP contribution >= 0.6 is 0 Å². The third kappa shape index (κ3) is 4.14. The number of nitrogen functional groups attached to an aromatic ring is 1. The first-order valence-corrected chi connectivity index (χ1v) is 6.41. The van der Waals surface area contributed by atoms with E-state index < -0.39 is 18.8 Å². The molecular formula is C12H16F3N5O. The number of nitrogens with zero attached hydrogens (tertiary/aromatic N) is 3. The summed E-state index contributed by atoms with van der Waals surface area (Å²) in [7, 11) is 0. The summed E-state index contributed by atoms with van der Waals surface area (Å²) in [5.41, 5.74) is 7.17. The first-order valence-electron chi connectivity index (χ1n) is 6.41. The number of amides is 2. The Morgan fingerprint density at radius 3 is 2.57 bits per heavy atom. The highest BCUT2D eigenvalue weighted by atomic mass is 19.4. The highest BCUT2D eigenvalue weighted by Crippen LogP contribution is 2.22. The topological polar surface area (TPSA) is 74.5 Å². The summed E-state index contributed by atoms with van der Waals surface area (Å²) >= 11 is 0. The molecule has 0 aromatic carbocycles. The molecule has 0 radical (unpaired) electrons. The van der Waals surface area contributed by atoms with Gasteiger partial charge in [-0.2, -0.15) is 13.2 Å². The van der Waals surface area contributed by atoms with Crippen molar-refractivity contribution < 1.29 is 18.0 Å². The van der Waals surface area contributed by atoms with Gasteiger partial charge in [0.05, 0.1) is 17.6 Å². The van der Waals surface area contributed by atoms with Gasteiger partial charge in [-0.3, -0.25) is 4.98 Å². The zero-order chi connectivity index (χ0) is 15.5. The van der Waals surface area contributed by atoms with Crippen molar-refractivity contribution in [2.45, 2.75) is 6.18 Å². The second kappa shape index (κ2) is 6.06. The van der Waals surface area contributed by atoms with Gasteiger partial charge < -0.3 is 20.9 Å². The van der Waals surface area contributed by atoms with Gasteiger partial charge in [-0.15, -0.1) is 0 Å². The molecule has 21 heavy (non-hydrogen) atoms. The summed E-state index contributed by atoms with van der Waals surface area (Å²) in [6, 6.07) is 1.07. The van der Waals surface area contributed by atoms with Crippen LogP contribution in [0.5, 0.6) is 0 Å². The van der Waals surface area contributed by atoms with Crippen LogP contribution in [0, 0.1) is 0 Å². The number of hydrogen-bond acceptors (Lipinski definition) is 4. The molecule has 0 atom stereocenters. The monoisotopic (exact) mass is 303 g/mol. The standard InChI is InChI=1S/C12H16F3N5O/c13-12(14,15)8-18-11(21)20-5-3-19(4-6-20)10-1-2-17-7-9(10)16/h1-2,7H,3-6,8,16H2,(H,18,21).